The summed E-state index contributed by atoms with van der Waals surface area (Å²) in [5.74, 6) is -0.323. The summed E-state index contributed by atoms with van der Waals surface area (Å²) in [7, 11) is 1.11. The molecule has 1 N–H and O–H groups in total. The second-order valence-electron chi connectivity index (χ2n) is 16.3. The number of anilines is 1. The molecule has 1 saturated carbocycles. The topological polar surface area (TPSA) is 75.6 Å². The monoisotopic (exact) mass is 796 g/mol. The molecule has 2 aromatic heterocycles. The number of methoxy groups -OCH3 is 1. The third kappa shape index (κ3) is 7.68. The smallest absolute Gasteiger partial charge is 0.414 e. The van der Waals surface area contributed by atoms with Crippen LogP contribution < -0.4 is 15.0 Å². The van der Waals surface area contributed by atoms with E-state index >= 15 is 4.39 Å². The van der Waals surface area contributed by atoms with Gasteiger partial charge in [0, 0.05) is 37.3 Å². The van der Waals surface area contributed by atoms with E-state index in [1.807, 2.05) is 32.0 Å². The molecule has 10 rings (SSSR count). The lowest BCUT2D eigenvalue weighted by atomic mass is 9.93. The molecule has 0 spiro atoms. The third-order valence-electron chi connectivity index (χ3n) is 13.0. The molecule has 5 fully saturated rings. The maximum Gasteiger partial charge on any atom is 0.414 e. The molecule has 13 heteroatoms. The lowest BCUT2D eigenvalue weighted by Crippen LogP contribution is -2.58. The molecule has 2 bridgehead atoms. The van der Waals surface area contributed by atoms with Gasteiger partial charge >= 0.3 is 12.2 Å². The second kappa shape index (κ2) is 16.5. The predicted octanol–water partition coefficient (Wildman–Crippen LogP) is 9.72. The number of alkyl halides is 3. The maximum absolute atomic E-state index is 17.1. The zero-order chi connectivity index (χ0) is 39.4. The fourth-order valence-corrected chi connectivity index (χ4v) is 10.2. The summed E-state index contributed by atoms with van der Waals surface area (Å²) in [6.07, 6.45) is 5.14. The van der Waals surface area contributed by atoms with Gasteiger partial charge in [0.25, 0.3) is 0 Å². The standard InChI is InChI=1S/C35H38F2N6O.C6H9F3O.C2H6.CH4/c1-20-24(36)12-10-21-6-2-7-23(28(20)21)31-30(37)32-29-26(39-31)8-3-9-27-25-13-11-22(38-25)18-43(27)33(29)41-34(40-32)44-19-35-14-4-16-42(35)17-5-15-35;1-10-5(4-2-3-4)6(7,8)9;1-2;/h2,6-7,10,12,22,25,27,38H,3-5,8-9,11,13-19H2,1H3;4-5H,2-3H2,1H3;1-2H3;1H4/t22-,25+,27+;;;/m0.../s1. The molecule has 8 nitrogen and oxygen atoms in total. The molecule has 4 aromatic rings. The number of nitrogens with zero attached hydrogens (tertiary/aromatic N) is 5. The van der Waals surface area contributed by atoms with E-state index in [0.29, 0.717) is 59.9 Å². The average molecular weight is 797 g/mol. The van der Waals surface area contributed by atoms with E-state index in [1.54, 1.807) is 13.0 Å². The lowest BCUT2D eigenvalue weighted by Gasteiger charge is -2.43. The molecule has 1 aliphatic carbocycles. The van der Waals surface area contributed by atoms with Crippen molar-refractivity contribution < 1.29 is 31.4 Å². The summed E-state index contributed by atoms with van der Waals surface area (Å²) in [6.45, 7) is 9.31. The number of pyridine rings is 1. The Morgan fingerprint density at radius 1 is 0.930 bits per heavy atom. The van der Waals surface area contributed by atoms with Gasteiger partial charge in [0.2, 0.25) is 0 Å². The molecular weight excluding hydrogens is 740 g/mol. The summed E-state index contributed by atoms with van der Waals surface area (Å²) in [5.41, 5.74) is 2.39. The van der Waals surface area contributed by atoms with Crippen molar-refractivity contribution in [3.63, 3.8) is 0 Å². The molecule has 57 heavy (non-hydrogen) atoms. The van der Waals surface area contributed by atoms with Crippen molar-refractivity contribution >= 4 is 27.5 Å². The summed E-state index contributed by atoms with van der Waals surface area (Å²) >= 11 is 0. The van der Waals surface area contributed by atoms with E-state index in [-0.39, 0.29) is 48.0 Å². The van der Waals surface area contributed by atoms with E-state index in [2.05, 4.69) is 19.9 Å². The Morgan fingerprint density at radius 2 is 1.68 bits per heavy atom. The molecule has 1 unspecified atom stereocenters. The molecule has 310 valence electrons. The number of aryl methyl sites for hydroxylation is 2. The average Bonchev–Trinajstić information content (AvgIpc) is 3.62. The van der Waals surface area contributed by atoms with Gasteiger partial charge in [-0.05, 0) is 119 Å². The summed E-state index contributed by atoms with van der Waals surface area (Å²) < 4.78 is 78.3. The van der Waals surface area contributed by atoms with Crippen LogP contribution in [0.3, 0.4) is 0 Å². The molecule has 7 heterocycles. The van der Waals surface area contributed by atoms with Crippen molar-refractivity contribution in [3.05, 3.63) is 53.2 Å². The fourth-order valence-electron chi connectivity index (χ4n) is 10.2. The number of ether oxygens (including phenoxy) is 2. The largest absolute Gasteiger partial charge is 0.461 e. The molecular formula is C44H57F5N6O2. The first-order valence-electron chi connectivity index (χ1n) is 20.6. The van der Waals surface area contributed by atoms with E-state index in [1.165, 1.54) is 18.9 Å². The summed E-state index contributed by atoms with van der Waals surface area (Å²) in [6, 6.07) is 10.2. The van der Waals surface area contributed by atoms with Gasteiger partial charge in [0.1, 0.15) is 29.5 Å². The predicted molar refractivity (Wildman–Crippen MR) is 215 cm³/mol. The molecule has 0 amide bonds. The molecule has 6 aliphatic rings. The van der Waals surface area contributed by atoms with Gasteiger partial charge < -0.3 is 19.7 Å². The van der Waals surface area contributed by atoms with E-state index < -0.39 is 18.1 Å². The number of fused-ring (bicyclic) bond motifs is 7. The first-order chi connectivity index (χ1) is 27.0. The molecule has 2 aromatic carbocycles. The number of hydrogen-bond donors (Lipinski definition) is 1. The Labute approximate surface area is 332 Å². The van der Waals surface area contributed by atoms with Crippen LogP contribution in [0.4, 0.5) is 27.8 Å². The maximum atomic E-state index is 17.1. The number of halogens is 5. The highest BCUT2D eigenvalue weighted by Gasteiger charge is 2.49. The van der Waals surface area contributed by atoms with Crippen LogP contribution in [0.15, 0.2) is 30.3 Å². The van der Waals surface area contributed by atoms with E-state index in [0.717, 1.165) is 82.2 Å². The van der Waals surface area contributed by atoms with Crippen LogP contribution in [-0.2, 0) is 11.2 Å². The lowest BCUT2D eigenvalue weighted by molar-refractivity contribution is -0.218. The third-order valence-corrected chi connectivity index (χ3v) is 13.0. The van der Waals surface area contributed by atoms with Crippen LogP contribution in [0.2, 0.25) is 0 Å². The highest BCUT2D eigenvalue weighted by Crippen LogP contribution is 2.44. The van der Waals surface area contributed by atoms with Crippen molar-refractivity contribution in [1.82, 2.24) is 25.2 Å². The zero-order valence-corrected chi connectivity index (χ0v) is 32.8. The van der Waals surface area contributed by atoms with Crippen LogP contribution in [0.5, 0.6) is 6.01 Å². The normalized spacial score (nSPS) is 23.9. The summed E-state index contributed by atoms with van der Waals surface area (Å²) in [4.78, 5) is 19.9. The van der Waals surface area contributed by atoms with E-state index in [9.17, 15) is 17.6 Å². The van der Waals surface area contributed by atoms with Gasteiger partial charge in [-0.3, -0.25) is 4.90 Å². The van der Waals surface area contributed by atoms with Crippen LogP contribution in [0, 0.1) is 24.5 Å². The van der Waals surface area contributed by atoms with Gasteiger partial charge in [-0.1, -0.05) is 45.5 Å². The van der Waals surface area contributed by atoms with Crippen LogP contribution in [-0.4, -0.2) is 89.1 Å². The minimum Gasteiger partial charge on any atom is -0.461 e. The van der Waals surface area contributed by atoms with Gasteiger partial charge in [-0.25, -0.2) is 13.8 Å². The number of piperazine rings is 1. The van der Waals surface area contributed by atoms with E-state index in [4.69, 9.17) is 19.7 Å². The highest BCUT2D eigenvalue weighted by molar-refractivity contribution is 6.01. The molecule has 0 radical (unpaired) electrons. The first kappa shape index (κ1) is 41.5. The van der Waals surface area contributed by atoms with Crippen LogP contribution in [0.25, 0.3) is 32.9 Å². The summed E-state index contributed by atoms with van der Waals surface area (Å²) in [5, 5.41) is 6.06. The molecule has 4 atom stereocenters. The minimum atomic E-state index is -4.17. The Balaban J connectivity index is 0.000000333. The Morgan fingerprint density at radius 3 is 2.37 bits per heavy atom. The van der Waals surface area contributed by atoms with Crippen LogP contribution in [0.1, 0.15) is 96.7 Å². The number of rotatable bonds is 6. The van der Waals surface area contributed by atoms with Crippen molar-refractivity contribution in [3.8, 4) is 17.3 Å². The second-order valence-corrected chi connectivity index (χ2v) is 16.3. The quantitative estimate of drug-likeness (QED) is 0.194. The highest BCUT2D eigenvalue weighted by atomic mass is 19.4. The van der Waals surface area contributed by atoms with Gasteiger partial charge in [0.05, 0.1) is 16.6 Å². The van der Waals surface area contributed by atoms with Crippen molar-refractivity contribution in [2.24, 2.45) is 5.92 Å². The Hall–Kier alpha value is -3.68. The number of benzene rings is 2. The van der Waals surface area contributed by atoms with Crippen molar-refractivity contribution in [1.29, 1.82) is 0 Å². The zero-order valence-electron chi connectivity index (χ0n) is 32.8. The number of aromatic nitrogens is 3. The minimum absolute atomic E-state index is 0. The van der Waals surface area contributed by atoms with Gasteiger partial charge in [0.15, 0.2) is 11.9 Å². The number of nitrogens with one attached hydrogen (secondary N) is 1. The van der Waals surface area contributed by atoms with Gasteiger partial charge in [-0.15, -0.1) is 0 Å². The molecule has 4 saturated heterocycles. The molecule has 5 aliphatic heterocycles. The van der Waals surface area contributed by atoms with Crippen molar-refractivity contribution in [2.75, 3.05) is 38.3 Å². The van der Waals surface area contributed by atoms with Crippen molar-refractivity contribution in [2.45, 2.75) is 135 Å². The van der Waals surface area contributed by atoms with Gasteiger partial charge in [-0.2, -0.15) is 23.1 Å². The Bertz CT molecular complexity index is 2070. The van der Waals surface area contributed by atoms with Crippen LogP contribution >= 0.6 is 0 Å². The first-order valence-corrected chi connectivity index (χ1v) is 20.6. The number of hydrogen-bond acceptors (Lipinski definition) is 8. The SMILES string of the molecule is C.CC.COC(C1CC1)C(F)(F)F.Cc1c(F)ccc2cccc(-c3nc4c5c(nc(OCC67CCCN6CCC7)nc5c3F)N3C[C@@H]5CC[C@@H](N5)[C@H]3CCC4)c12. The Kier molecular flexibility index (Phi) is 12.0. The fraction of sp³-hybridized carbons (Fsp3) is 0.614.